The fraction of sp³-hybridized carbons (Fsp3) is 0.400. The Morgan fingerprint density at radius 2 is 1.63 bits per heavy atom. The summed E-state index contributed by atoms with van der Waals surface area (Å²) >= 11 is 0. The Bertz CT molecular complexity index is 1570. The number of piperidine rings is 1. The van der Waals surface area contributed by atoms with Crippen molar-refractivity contribution in [2.45, 2.75) is 56.0 Å². The van der Waals surface area contributed by atoms with Gasteiger partial charge in [-0.15, -0.1) is 0 Å². The third-order valence-electron chi connectivity index (χ3n) is 8.99. The molecule has 0 aromatic heterocycles. The summed E-state index contributed by atoms with van der Waals surface area (Å²) in [6.07, 6.45) is 7.75. The van der Waals surface area contributed by atoms with Gasteiger partial charge in [0.05, 0.1) is 10.6 Å². The molecule has 0 atom stereocenters. The number of carbonyl (C=O) groups excluding carboxylic acids is 1. The van der Waals surface area contributed by atoms with Crippen LogP contribution >= 0.6 is 0 Å². The average molecular weight is 600 g/mol. The molecule has 2 fully saturated rings. The molecule has 2 saturated heterocycles. The highest BCUT2D eigenvalue weighted by Gasteiger charge is 2.25. The van der Waals surface area contributed by atoms with Gasteiger partial charge in [-0.2, -0.15) is 0 Å². The smallest absolute Gasteiger partial charge is 0.251 e. The van der Waals surface area contributed by atoms with Crippen LogP contribution < -0.4 is 10.2 Å². The van der Waals surface area contributed by atoms with Crippen molar-refractivity contribution in [2.24, 2.45) is 0 Å². The normalized spacial score (nSPS) is 18.9. The zero-order valence-corrected chi connectivity index (χ0v) is 25.7. The molecular formula is C35H41N3O4S. The van der Waals surface area contributed by atoms with E-state index in [0.717, 1.165) is 56.8 Å². The third-order valence-corrected chi connectivity index (χ3v) is 10.8. The predicted molar refractivity (Wildman–Crippen MR) is 173 cm³/mol. The highest BCUT2D eigenvalue weighted by molar-refractivity contribution is 7.91. The molecule has 1 N–H and O–H groups in total. The molecule has 3 heterocycles. The molecule has 0 bridgehead atoms. The van der Waals surface area contributed by atoms with Crippen LogP contribution in [0.1, 0.15) is 49.7 Å². The van der Waals surface area contributed by atoms with Gasteiger partial charge in [0.2, 0.25) is 0 Å². The van der Waals surface area contributed by atoms with Gasteiger partial charge in [0, 0.05) is 55.8 Å². The van der Waals surface area contributed by atoms with Gasteiger partial charge in [0.1, 0.15) is 0 Å². The van der Waals surface area contributed by atoms with Gasteiger partial charge >= 0.3 is 0 Å². The van der Waals surface area contributed by atoms with E-state index in [1.807, 2.05) is 36.4 Å². The van der Waals surface area contributed by atoms with Crippen molar-refractivity contribution in [1.82, 2.24) is 4.90 Å². The Labute approximate surface area is 255 Å². The van der Waals surface area contributed by atoms with Crippen molar-refractivity contribution in [3.8, 4) is 11.1 Å². The second-order valence-electron chi connectivity index (χ2n) is 12.0. The second-order valence-corrected chi connectivity index (χ2v) is 14.1. The van der Waals surface area contributed by atoms with Gasteiger partial charge < -0.3 is 15.0 Å². The summed E-state index contributed by atoms with van der Waals surface area (Å²) in [5.41, 5.74) is 6.06. The molecule has 3 aromatic rings. The second kappa shape index (κ2) is 13.0. The molecule has 3 aromatic carbocycles. The number of anilines is 2. The summed E-state index contributed by atoms with van der Waals surface area (Å²) in [4.78, 5) is 18.4. The van der Waals surface area contributed by atoms with E-state index in [-0.39, 0.29) is 23.0 Å². The minimum Gasteiger partial charge on any atom is -0.381 e. The first-order valence-electron chi connectivity index (χ1n) is 15.5. The van der Waals surface area contributed by atoms with Crippen LogP contribution in [0.3, 0.4) is 0 Å². The van der Waals surface area contributed by atoms with Gasteiger partial charge in [-0.25, -0.2) is 8.42 Å². The number of nitrogens with zero attached hydrogens (tertiary/aromatic N) is 2. The van der Waals surface area contributed by atoms with Crippen molar-refractivity contribution in [3.05, 3.63) is 83.4 Å². The highest BCUT2D eigenvalue weighted by atomic mass is 32.2. The number of benzene rings is 3. The van der Waals surface area contributed by atoms with Crippen molar-refractivity contribution in [1.29, 1.82) is 0 Å². The SMILES string of the molecule is CN(Cc1ccc(NC(=O)C2=Cc3cc(-c4ccc(N5CCCCC5)cc4)ccc3S(=O)(=O)CC2)cc1)C1CCOCC1. The summed E-state index contributed by atoms with van der Waals surface area (Å²) in [7, 11) is -1.37. The van der Waals surface area contributed by atoms with E-state index in [1.54, 1.807) is 12.1 Å². The average Bonchev–Trinajstić information content (AvgIpc) is 3.18. The van der Waals surface area contributed by atoms with E-state index in [9.17, 15) is 13.2 Å². The van der Waals surface area contributed by atoms with Gasteiger partial charge in [0.25, 0.3) is 5.91 Å². The molecule has 1 amide bonds. The first kappa shape index (κ1) is 29.6. The fourth-order valence-corrected chi connectivity index (χ4v) is 7.84. The molecule has 43 heavy (non-hydrogen) atoms. The van der Waals surface area contributed by atoms with E-state index in [1.165, 1.54) is 30.5 Å². The van der Waals surface area contributed by atoms with Crippen molar-refractivity contribution < 1.29 is 17.9 Å². The van der Waals surface area contributed by atoms with Crippen LogP contribution in [0.25, 0.3) is 17.2 Å². The molecular weight excluding hydrogens is 558 g/mol. The number of nitrogens with one attached hydrogen (secondary N) is 1. The standard InChI is InChI=1S/C35H41N3O4S/c1-37(32-15-20-42-21-16-32)25-26-5-10-31(11-6-26)36-35(39)29-17-22-43(40,41)34-14-9-28(23-30(34)24-29)27-7-12-33(13-8-27)38-18-3-2-4-19-38/h5-14,23-24,32H,2-4,15-22,25H2,1H3,(H,36,39). The lowest BCUT2D eigenvalue weighted by atomic mass is 10.0. The Morgan fingerprint density at radius 1 is 0.930 bits per heavy atom. The highest BCUT2D eigenvalue weighted by Crippen LogP contribution is 2.32. The van der Waals surface area contributed by atoms with Crippen LogP contribution in [-0.4, -0.2) is 64.4 Å². The molecule has 8 heteroatoms. The summed E-state index contributed by atoms with van der Waals surface area (Å²) in [6.45, 7) is 4.64. The van der Waals surface area contributed by atoms with E-state index < -0.39 is 9.84 Å². The minimum absolute atomic E-state index is 0.0966. The van der Waals surface area contributed by atoms with E-state index in [0.29, 0.717) is 22.9 Å². The molecule has 0 spiro atoms. The first-order valence-corrected chi connectivity index (χ1v) is 17.1. The maximum atomic E-state index is 13.4. The van der Waals surface area contributed by atoms with Crippen molar-refractivity contribution in [2.75, 3.05) is 49.3 Å². The van der Waals surface area contributed by atoms with E-state index in [4.69, 9.17) is 4.74 Å². The fourth-order valence-electron chi connectivity index (χ4n) is 6.38. The Hall–Kier alpha value is -3.46. The lowest BCUT2D eigenvalue weighted by Crippen LogP contribution is -2.36. The van der Waals surface area contributed by atoms with Crippen LogP contribution in [0.5, 0.6) is 0 Å². The summed E-state index contributed by atoms with van der Waals surface area (Å²) in [5, 5.41) is 2.99. The Morgan fingerprint density at radius 3 is 2.35 bits per heavy atom. The molecule has 226 valence electrons. The lowest BCUT2D eigenvalue weighted by molar-refractivity contribution is -0.112. The Kier molecular flexibility index (Phi) is 8.98. The van der Waals surface area contributed by atoms with Crippen LogP contribution in [-0.2, 0) is 25.9 Å². The van der Waals surface area contributed by atoms with Crippen LogP contribution in [0, 0.1) is 0 Å². The number of carbonyl (C=O) groups is 1. The monoisotopic (exact) mass is 599 g/mol. The quantitative estimate of drug-likeness (QED) is 0.351. The molecule has 0 radical (unpaired) electrons. The van der Waals surface area contributed by atoms with Gasteiger partial charge in [-0.3, -0.25) is 9.69 Å². The largest absolute Gasteiger partial charge is 0.381 e. The molecule has 6 rings (SSSR count). The topological polar surface area (TPSA) is 79.0 Å². The summed E-state index contributed by atoms with van der Waals surface area (Å²) in [6, 6.07) is 22.4. The number of sulfone groups is 1. The molecule has 3 aliphatic rings. The number of fused-ring (bicyclic) bond motifs is 1. The van der Waals surface area contributed by atoms with Crippen molar-refractivity contribution >= 4 is 33.2 Å². The van der Waals surface area contributed by atoms with E-state index >= 15 is 0 Å². The van der Waals surface area contributed by atoms with Crippen LogP contribution in [0.2, 0.25) is 0 Å². The molecule has 7 nitrogen and oxygen atoms in total. The summed E-state index contributed by atoms with van der Waals surface area (Å²) < 4.78 is 31.8. The predicted octanol–water partition coefficient (Wildman–Crippen LogP) is 6.15. The first-order chi connectivity index (χ1) is 20.9. The van der Waals surface area contributed by atoms with Gasteiger partial charge in [0.15, 0.2) is 9.84 Å². The maximum Gasteiger partial charge on any atom is 0.251 e. The molecule has 0 aliphatic carbocycles. The summed E-state index contributed by atoms with van der Waals surface area (Å²) in [5.74, 6) is -0.368. The number of ether oxygens (including phenoxy) is 1. The van der Waals surface area contributed by atoms with E-state index in [2.05, 4.69) is 46.4 Å². The number of hydrogen-bond donors (Lipinski definition) is 1. The maximum absolute atomic E-state index is 13.4. The zero-order valence-electron chi connectivity index (χ0n) is 24.9. The number of amides is 1. The zero-order chi connectivity index (χ0) is 29.8. The van der Waals surface area contributed by atoms with Crippen LogP contribution in [0.4, 0.5) is 11.4 Å². The van der Waals surface area contributed by atoms with Crippen molar-refractivity contribution in [3.63, 3.8) is 0 Å². The van der Waals surface area contributed by atoms with Gasteiger partial charge in [-0.1, -0.05) is 30.3 Å². The number of rotatable bonds is 7. The van der Waals surface area contributed by atoms with Gasteiger partial charge in [-0.05, 0) is 110 Å². The molecule has 0 saturated carbocycles. The molecule has 3 aliphatic heterocycles. The number of hydrogen-bond acceptors (Lipinski definition) is 6. The Balaban J connectivity index is 1.17. The third kappa shape index (κ3) is 7.03. The molecule has 0 unspecified atom stereocenters. The minimum atomic E-state index is -3.52. The van der Waals surface area contributed by atoms with Crippen LogP contribution in [0.15, 0.2) is 77.2 Å². The lowest BCUT2D eigenvalue weighted by Gasteiger charge is -2.31.